The normalized spacial score (nSPS) is 14.7. The van der Waals surface area contributed by atoms with Crippen LogP contribution in [0.1, 0.15) is 310 Å². The van der Waals surface area contributed by atoms with Gasteiger partial charge in [0.15, 0.2) is 12.2 Å². The van der Waals surface area contributed by atoms with E-state index >= 15 is 0 Å². The molecular weight excluding hydrogens is 1400 g/mol. The summed E-state index contributed by atoms with van der Waals surface area (Å²) in [6, 6.07) is 0. The van der Waals surface area contributed by atoms with E-state index in [1.165, 1.54) is 64.2 Å². The highest BCUT2D eigenvalue weighted by atomic mass is 31.2. The Hall–Kier alpha value is -5.58. The Morgan fingerprint density at radius 2 is 0.491 bits per heavy atom. The zero-order chi connectivity index (χ0) is 78.9. The number of hydrogen-bond acceptors (Lipinski definition) is 15. The van der Waals surface area contributed by atoms with E-state index in [4.69, 9.17) is 37.0 Å². The average molecular weight is 1550 g/mol. The molecule has 0 aliphatic rings. The molecule has 0 aliphatic carbocycles. The van der Waals surface area contributed by atoms with E-state index in [1.54, 1.807) is 0 Å². The molecule has 0 saturated carbocycles. The van der Waals surface area contributed by atoms with Crippen molar-refractivity contribution in [1.29, 1.82) is 0 Å². The number of aliphatic hydroxyl groups excluding tert-OH is 1. The van der Waals surface area contributed by atoms with Crippen molar-refractivity contribution in [3.05, 3.63) is 170 Å². The SMILES string of the molecule is CC/C=C\C/C=C\C/C=C\C/C=C\C/C=C\CCCCCC(=O)OC[C@H](COP(=O)(O)OC[C@@H](O)COP(=O)(O)OC[C@@H](COC(=O)CCCCCCCCC/C=C\CCCCCC)OC(=O)CCC/C=C\C/C=C\C/C=C\C/C=C\CCCCC)OC(=O)CCC/C=C\C/C=C\C/C=C\C/C=C\CCCCC. The number of phosphoric acid groups is 2. The van der Waals surface area contributed by atoms with Gasteiger partial charge in [-0.3, -0.25) is 37.3 Å². The van der Waals surface area contributed by atoms with Crippen molar-refractivity contribution in [3.63, 3.8) is 0 Å². The fourth-order valence-corrected chi connectivity index (χ4v) is 11.9. The molecule has 17 nitrogen and oxygen atoms in total. The highest BCUT2D eigenvalue weighted by molar-refractivity contribution is 7.47. The average Bonchev–Trinajstić information content (AvgIpc) is 0.903. The smallest absolute Gasteiger partial charge is 0.462 e. The van der Waals surface area contributed by atoms with Gasteiger partial charge in [-0.05, 0) is 173 Å². The second-order valence-corrected chi connectivity index (χ2v) is 29.9. The lowest BCUT2D eigenvalue weighted by molar-refractivity contribution is -0.161. The van der Waals surface area contributed by atoms with E-state index in [9.17, 15) is 43.2 Å². The molecule has 2 unspecified atom stereocenters. The zero-order valence-corrected chi connectivity index (χ0v) is 69.0. The summed E-state index contributed by atoms with van der Waals surface area (Å²) < 4.78 is 68.6. The van der Waals surface area contributed by atoms with Crippen LogP contribution in [-0.4, -0.2) is 96.7 Å². The molecule has 108 heavy (non-hydrogen) atoms. The van der Waals surface area contributed by atoms with Crippen LogP contribution >= 0.6 is 15.6 Å². The first-order chi connectivity index (χ1) is 52.7. The van der Waals surface area contributed by atoms with Gasteiger partial charge in [-0.1, -0.05) is 281 Å². The molecule has 0 aliphatic heterocycles. The molecule has 0 heterocycles. The predicted octanol–water partition coefficient (Wildman–Crippen LogP) is 24.6. The van der Waals surface area contributed by atoms with Crippen molar-refractivity contribution in [2.75, 3.05) is 39.6 Å². The van der Waals surface area contributed by atoms with Gasteiger partial charge in [0, 0.05) is 25.7 Å². The highest BCUT2D eigenvalue weighted by Gasteiger charge is 2.30. The van der Waals surface area contributed by atoms with Gasteiger partial charge in [0.25, 0.3) is 0 Å². The van der Waals surface area contributed by atoms with E-state index in [0.717, 1.165) is 154 Å². The molecule has 0 fully saturated rings. The molecule has 0 amide bonds. The first-order valence-electron chi connectivity index (χ1n) is 41.4. The van der Waals surface area contributed by atoms with Crippen molar-refractivity contribution in [2.24, 2.45) is 0 Å². The molecule has 3 N–H and O–H groups in total. The van der Waals surface area contributed by atoms with Crippen molar-refractivity contribution >= 4 is 39.5 Å². The number of unbranched alkanes of at least 4 members (excludes halogenated alkanes) is 22. The first kappa shape index (κ1) is 102. The summed E-state index contributed by atoms with van der Waals surface area (Å²) in [7, 11) is -10.0. The molecule has 0 aromatic heterocycles. The number of phosphoric ester groups is 2. The third kappa shape index (κ3) is 78.5. The van der Waals surface area contributed by atoms with Gasteiger partial charge in [0.05, 0.1) is 26.4 Å². The van der Waals surface area contributed by atoms with Crippen molar-refractivity contribution < 1.29 is 80.2 Å². The largest absolute Gasteiger partial charge is 0.472 e. The Morgan fingerprint density at radius 1 is 0.269 bits per heavy atom. The third-order valence-electron chi connectivity index (χ3n) is 16.6. The molecule has 0 saturated heterocycles. The van der Waals surface area contributed by atoms with Gasteiger partial charge in [-0.25, -0.2) is 9.13 Å². The minimum Gasteiger partial charge on any atom is -0.462 e. The van der Waals surface area contributed by atoms with Crippen molar-refractivity contribution in [1.82, 2.24) is 0 Å². The van der Waals surface area contributed by atoms with Crippen LogP contribution in [0.4, 0.5) is 0 Å². The van der Waals surface area contributed by atoms with E-state index in [1.807, 2.05) is 24.3 Å². The summed E-state index contributed by atoms with van der Waals surface area (Å²) in [5, 5.41) is 10.7. The predicted molar refractivity (Wildman–Crippen MR) is 445 cm³/mol. The Labute approximate surface area is 654 Å². The number of rotatable bonds is 76. The molecule has 0 radical (unpaired) electrons. The van der Waals surface area contributed by atoms with Crippen molar-refractivity contribution in [2.45, 2.75) is 329 Å². The number of ether oxygens (including phenoxy) is 4. The summed E-state index contributed by atoms with van der Waals surface area (Å²) >= 11 is 0. The zero-order valence-electron chi connectivity index (χ0n) is 67.2. The maximum absolute atomic E-state index is 13.1. The third-order valence-corrected chi connectivity index (χ3v) is 18.5. The van der Waals surface area contributed by atoms with Crippen molar-refractivity contribution in [3.8, 4) is 0 Å². The second kappa shape index (κ2) is 79.5. The summed E-state index contributed by atoms with van der Waals surface area (Å²) in [5.74, 6) is -2.36. The highest BCUT2D eigenvalue weighted by Crippen LogP contribution is 2.45. The van der Waals surface area contributed by atoms with Gasteiger partial charge < -0.3 is 33.8 Å². The second-order valence-electron chi connectivity index (χ2n) is 27.0. The molecule has 0 rings (SSSR count). The van der Waals surface area contributed by atoms with Crippen LogP contribution in [-0.2, 0) is 65.4 Å². The molecular formula is C89H146O17P2. The Morgan fingerprint density at radius 3 is 0.806 bits per heavy atom. The van der Waals surface area contributed by atoms with Crippen LogP contribution in [0.2, 0.25) is 0 Å². The lowest BCUT2D eigenvalue weighted by Gasteiger charge is -2.21. The number of hydrogen-bond donors (Lipinski definition) is 3. The minimum absolute atomic E-state index is 0.00377. The van der Waals surface area contributed by atoms with Crippen LogP contribution in [0, 0.1) is 0 Å². The standard InChI is InChI=1S/C89H146O17P2/c1-5-9-13-17-21-25-29-33-37-40-41-44-46-50-54-58-62-66-70-74-87(92)100-80-85(106-89(94)76-72-68-64-60-56-52-48-43-39-35-31-27-23-19-15-11-7-3)82-104-108(97,98)102-78-83(90)77-101-107(95,96)103-81-84(79-99-86(91)73-69-65-61-57-53-49-45-36-32-28-24-20-16-12-8-4)105-88(93)75-71-67-63-59-55-51-47-42-38-34-30-26-22-18-14-10-6-2/h9,13,21-23,25-28,32-35,37-39,41,44,47-48,50-52,54,59-60,63-64,83-85,90H,5-8,10-12,14-20,24,29-31,36,40,42-43,45-46,49,53,55-58,61-62,65-82H2,1-4H3,(H,95,96)(H,97,98)/b13-9-,25-21-,26-22-,27-23-,32-28-,37-33-,38-34-,39-35-,44-41-,51-47-,52-48-,54-50-,63-59-,64-60-/t83-,84+,85+/m0/s1. The summed E-state index contributed by atoms with van der Waals surface area (Å²) in [6.45, 7) is 4.52. The van der Waals surface area contributed by atoms with Crippen LogP contribution in [0.5, 0.6) is 0 Å². The number of carbonyl (C=O) groups excluding carboxylic acids is 4. The first-order valence-corrected chi connectivity index (χ1v) is 44.4. The lowest BCUT2D eigenvalue weighted by atomic mass is 10.1. The van der Waals surface area contributed by atoms with Crippen LogP contribution in [0.3, 0.4) is 0 Å². The molecule has 5 atom stereocenters. The van der Waals surface area contributed by atoms with Crippen LogP contribution < -0.4 is 0 Å². The molecule has 0 spiro atoms. The fraction of sp³-hybridized carbons (Fsp3) is 0.640. The quantitative estimate of drug-likeness (QED) is 0.0169. The summed E-state index contributed by atoms with van der Waals surface area (Å²) in [5.41, 5.74) is 0. The van der Waals surface area contributed by atoms with Gasteiger partial charge in [0.1, 0.15) is 19.3 Å². The maximum Gasteiger partial charge on any atom is 0.472 e. The lowest BCUT2D eigenvalue weighted by Crippen LogP contribution is -2.30. The monoisotopic (exact) mass is 1550 g/mol. The Kier molecular flexibility index (Phi) is 75.4. The van der Waals surface area contributed by atoms with E-state index < -0.39 is 97.5 Å². The van der Waals surface area contributed by atoms with Gasteiger partial charge in [-0.2, -0.15) is 0 Å². The van der Waals surface area contributed by atoms with E-state index in [2.05, 4.69) is 174 Å². The van der Waals surface area contributed by atoms with Gasteiger partial charge in [-0.15, -0.1) is 0 Å². The molecule has 0 aromatic rings. The van der Waals surface area contributed by atoms with Crippen LogP contribution in [0.25, 0.3) is 0 Å². The number of esters is 4. The molecule has 614 valence electrons. The summed E-state index contributed by atoms with van der Waals surface area (Å²) in [4.78, 5) is 73.1. The topological polar surface area (TPSA) is 237 Å². The number of allylic oxidation sites excluding steroid dienone is 28. The summed E-state index contributed by atoms with van der Waals surface area (Å²) in [6.07, 6.45) is 94.8. The van der Waals surface area contributed by atoms with E-state index in [0.29, 0.717) is 38.5 Å². The fourth-order valence-electron chi connectivity index (χ4n) is 10.3. The van der Waals surface area contributed by atoms with Gasteiger partial charge >= 0.3 is 39.5 Å². The Balaban J connectivity index is 5.52. The minimum atomic E-state index is -5.01. The van der Waals surface area contributed by atoms with Gasteiger partial charge in [0.2, 0.25) is 0 Å². The van der Waals surface area contributed by atoms with Crippen LogP contribution in [0.15, 0.2) is 170 Å². The molecule has 19 heteroatoms. The molecule has 0 bridgehead atoms. The Bertz CT molecular complexity index is 2710. The number of aliphatic hydroxyl groups is 1. The number of carbonyl (C=O) groups is 4. The molecule has 0 aromatic carbocycles. The van der Waals surface area contributed by atoms with E-state index in [-0.39, 0.29) is 25.7 Å². The maximum atomic E-state index is 13.1.